The SMILES string of the molecule is COC(=O)c1ccccc1NC(=O)CCN1C(=O)c2cccc(F)c2C1=O. The molecule has 3 amide bonds. The molecule has 7 nitrogen and oxygen atoms in total. The summed E-state index contributed by atoms with van der Waals surface area (Å²) in [6.07, 6.45) is -0.206. The summed E-state index contributed by atoms with van der Waals surface area (Å²) in [5.41, 5.74) is 0.134. The Balaban J connectivity index is 1.68. The summed E-state index contributed by atoms with van der Waals surface area (Å²) in [5.74, 6) is -3.30. The predicted molar refractivity (Wildman–Crippen MR) is 92.8 cm³/mol. The largest absolute Gasteiger partial charge is 0.465 e. The van der Waals surface area contributed by atoms with Gasteiger partial charge in [0.1, 0.15) is 5.82 Å². The van der Waals surface area contributed by atoms with Crippen molar-refractivity contribution in [3.8, 4) is 0 Å². The maximum atomic E-state index is 13.8. The molecule has 8 heteroatoms. The van der Waals surface area contributed by atoms with Crippen molar-refractivity contribution in [2.45, 2.75) is 6.42 Å². The minimum absolute atomic E-state index is 0.0172. The molecule has 0 aromatic heterocycles. The Bertz CT molecular complexity index is 957. The molecule has 2 aromatic rings. The van der Waals surface area contributed by atoms with Crippen LogP contribution in [0.3, 0.4) is 0 Å². The average molecular weight is 370 g/mol. The van der Waals surface area contributed by atoms with Crippen LogP contribution in [0, 0.1) is 5.82 Å². The summed E-state index contributed by atoms with van der Waals surface area (Å²) >= 11 is 0. The van der Waals surface area contributed by atoms with Crippen LogP contribution in [-0.2, 0) is 9.53 Å². The van der Waals surface area contributed by atoms with E-state index in [0.717, 1.165) is 11.0 Å². The van der Waals surface area contributed by atoms with Gasteiger partial charge in [-0.05, 0) is 24.3 Å². The molecule has 138 valence electrons. The third-order valence-electron chi connectivity index (χ3n) is 4.12. The average Bonchev–Trinajstić information content (AvgIpc) is 2.91. The Morgan fingerprint density at radius 2 is 1.81 bits per heavy atom. The molecule has 0 fully saturated rings. The van der Waals surface area contributed by atoms with E-state index in [9.17, 15) is 23.6 Å². The number of benzene rings is 2. The zero-order chi connectivity index (χ0) is 19.6. The first-order valence-electron chi connectivity index (χ1n) is 8.06. The second kappa shape index (κ2) is 7.36. The van der Waals surface area contributed by atoms with E-state index in [4.69, 9.17) is 0 Å². The van der Waals surface area contributed by atoms with Gasteiger partial charge in [0.25, 0.3) is 11.8 Å². The van der Waals surface area contributed by atoms with E-state index in [2.05, 4.69) is 10.1 Å². The molecule has 0 atom stereocenters. The van der Waals surface area contributed by atoms with Gasteiger partial charge in [-0.3, -0.25) is 19.3 Å². The van der Waals surface area contributed by atoms with Gasteiger partial charge >= 0.3 is 5.97 Å². The first-order valence-corrected chi connectivity index (χ1v) is 8.06. The fourth-order valence-electron chi connectivity index (χ4n) is 2.80. The lowest BCUT2D eigenvalue weighted by atomic mass is 10.1. The molecule has 27 heavy (non-hydrogen) atoms. The highest BCUT2D eigenvalue weighted by Gasteiger charge is 2.37. The molecule has 1 aliphatic rings. The highest BCUT2D eigenvalue weighted by Crippen LogP contribution is 2.25. The van der Waals surface area contributed by atoms with Gasteiger partial charge in [-0.2, -0.15) is 0 Å². The van der Waals surface area contributed by atoms with E-state index < -0.39 is 29.5 Å². The number of carbonyl (C=O) groups excluding carboxylic acids is 4. The van der Waals surface area contributed by atoms with E-state index in [1.807, 2.05) is 0 Å². The van der Waals surface area contributed by atoms with Gasteiger partial charge in [-0.1, -0.05) is 18.2 Å². The lowest BCUT2D eigenvalue weighted by Crippen LogP contribution is -2.33. The molecule has 3 rings (SSSR count). The van der Waals surface area contributed by atoms with Crippen LogP contribution in [-0.4, -0.2) is 42.2 Å². The second-order valence-electron chi connectivity index (χ2n) is 5.76. The van der Waals surface area contributed by atoms with Gasteiger partial charge in [0, 0.05) is 13.0 Å². The topological polar surface area (TPSA) is 92.8 Å². The normalized spacial score (nSPS) is 12.7. The molecular weight excluding hydrogens is 355 g/mol. The van der Waals surface area contributed by atoms with E-state index in [1.165, 1.54) is 31.4 Å². The quantitative estimate of drug-likeness (QED) is 0.644. The summed E-state index contributed by atoms with van der Waals surface area (Å²) in [4.78, 5) is 49.3. The molecule has 0 spiro atoms. The summed E-state index contributed by atoms with van der Waals surface area (Å²) in [5, 5.41) is 2.55. The number of imide groups is 1. The Morgan fingerprint density at radius 1 is 1.07 bits per heavy atom. The standard InChI is InChI=1S/C19H15FN2O5/c1-27-19(26)11-5-2-3-8-14(11)21-15(23)9-10-22-17(24)12-6-4-7-13(20)16(12)18(22)25/h2-8H,9-10H2,1H3,(H,21,23). The Kier molecular flexibility index (Phi) is 4.98. The lowest BCUT2D eigenvalue weighted by Gasteiger charge is -2.14. The number of fused-ring (bicyclic) bond motifs is 1. The monoisotopic (exact) mass is 370 g/mol. The number of nitrogens with one attached hydrogen (secondary N) is 1. The Hall–Kier alpha value is -3.55. The summed E-state index contributed by atoms with van der Waals surface area (Å²) in [6, 6.07) is 10.1. The number of para-hydroxylation sites is 1. The lowest BCUT2D eigenvalue weighted by molar-refractivity contribution is -0.116. The first-order chi connectivity index (χ1) is 12.9. The molecule has 2 aromatic carbocycles. The third kappa shape index (κ3) is 3.41. The minimum Gasteiger partial charge on any atom is -0.465 e. The van der Waals surface area contributed by atoms with Crippen molar-refractivity contribution in [3.05, 3.63) is 65.0 Å². The van der Waals surface area contributed by atoms with E-state index in [0.29, 0.717) is 0 Å². The van der Waals surface area contributed by atoms with Gasteiger partial charge in [0.05, 0.1) is 29.5 Å². The van der Waals surface area contributed by atoms with Crippen LogP contribution in [0.5, 0.6) is 0 Å². The number of methoxy groups -OCH3 is 1. The summed E-state index contributed by atoms with van der Waals surface area (Å²) in [7, 11) is 1.22. The molecule has 0 saturated carbocycles. The van der Waals surface area contributed by atoms with Crippen LogP contribution in [0.2, 0.25) is 0 Å². The minimum atomic E-state index is -0.773. The first kappa shape index (κ1) is 18.2. The number of halogens is 1. The van der Waals surface area contributed by atoms with Crippen molar-refractivity contribution in [1.82, 2.24) is 4.90 Å². The van der Waals surface area contributed by atoms with Gasteiger partial charge in [-0.15, -0.1) is 0 Å². The number of nitrogens with zero attached hydrogens (tertiary/aromatic N) is 1. The smallest absolute Gasteiger partial charge is 0.339 e. The zero-order valence-electron chi connectivity index (χ0n) is 14.3. The van der Waals surface area contributed by atoms with Crippen LogP contribution in [0.15, 0.2) is 42.5 Å². The van der Waals surface area contributed by atoms with Crippen molar-refractivity contribution in [2.75, 3.05) is 19.0 Å². The number of amides is 3. The number of esters is 1. The number of anilines is 1. The van der Waals surface area contributed by atoms with Crippen molar-refractivity contribution < 1.29 is 28.3 Å². The maximum Gasteiger partial charge on any atom is 0.339 e. The van der Waals surface area contributed by atoms with Crippen molar-refractivity contribution in [1.29, 1.82) is 0 Å². The van der Waals surface area contributed by atoms with Crippen molar-refractivity contribution >= 4 is 29.4 Å². The van der Waals surface area contributed by atoms with Gasteiger partial charge in [0.15, 0.2) is 0 Å². The highest BCUT2D eigenvalue weighted by atomic mass is 19.1. The maximum absolute atomic E-state index is 13.8. The van der Waals surface area contributed by atoms with Crippen molar-refractivity contribution in [3.63, 3.8) is 0 Å². The number of rotatable bonds is 5. The fourth-order valence-corrected chi connectivity index (χ4v) is 2.80. The van der Waals surface area contributed by atoms with Gasteiger partial charge in [0.2, 0.25) is 5.91 Å². The number of hydrogen-bond acceptors (Lipinski definition) is 5. The van der Waals surface area contributed by atoms with Crippen LogP contribution in [0.4, 0.5) is 10.1 Å². The van der Waals surface area contributed by atoms with Gasteiger partial charge in [-0.25, -0.2) is 9.18 Å². The Labute approximate surface area is 153 Å². The predicted octanol–water partition coefficient (Wildman–Crippen LogP) is 2.24. The Morgan fingerprint density at radius 3 is 2.52 bits per heavy atom. The van der Waals surface area contributed by atoms with E-state index in [1.54, 1.807) is 12.1 Å². The molecule has 1 heterocycles. The molecule has 1 N–H and O–H groups in total. The summed E-state index contributed by atoms with van der Waals surface area (Å²) in [6.45, 7) is -0.210. The molecule has 0 saturated heterocycles. The van der Waals surface area contributed by atoms with Crippen molar-refractivity contribution in [2.24, 2.45) is 0 Å². The fraction of sp³-hybridized carbons (Fsp3) is 0.158. The zero-order valence-corrected chi connectivity index (χ0v) is 14.3. The second-order valence-corrected chi connectivity index (χ2v) is 5.76. The number of ether oxygens (including phenoxy) is 1. The summed E-state index contributed by atoms with van der Waals surface area (Å²) < 4.78 is 18.5. The van der Waals surface area contributed by atoms with Crippen LogP contribution >= 0.6 is 0 Å². The van der Waals surface area contributed by atoms with Crippen LogP contribution in [0.1, 0.15) is 37.5 Å². The molecule has 1 aliphatic heterocycles. The third-order valence-corrected chi connectivity index (χ3v) is 4.12. The number of hydrogen-bond donors (Lipinski definition) is 1. The molecular formula is C19H15FN2O5. The molecule has 0 radical (unpaired) electrons. The highest BCUT2D eigenvalue weighted by molar-refractivity contribution is 6.21. The molecule has 0 bridgehead atoms. The van der Waals surface area contributed by atoms with Crippen LogP contribution in [0.25, 0.3) is 0 Å². The number of carbonyl (C=O) groups is 4. The van der Waals surface area contributed by atoms with Gasteiger partial charge < -0.3 is 10.1 Å². The van der Waals surface area contributed by atoms with E-state index >= 15 is 0 Å². The van der Waals surface area contributed by atoms with Crippen LogP contribution < -0.4 is 5.32 Å². The molecule has 0 unspecified atom stereocenters. The van der Waals surface area contributed by atoms with E-state index in [-0.39, 0.29) is 35.3 Å². The molecule has 0 aliphatic carbocycles.